The molecule has 0 rings (SSSR count). The van der Waals surface area contributed by atoms with E-state index in [1.165, 1.54) is 0 Å². The molecule has 0 aliphatic rings. The van der Waals surface area contributed by atoms with E-state index in [0.717, 1.165) is 0 Å². The number of carbonyl (C=O) groups is 1. The lowest BCUT2D eigenvalue weighted by atomic mass is 10.0. The second kappa shape index (κ2) is 3.18. The smallest absolute Gasteiger partial charge is 0.260 e. The molecular weight excluding hydrogens is 109 g/mol. The molecule has 0 bridgehead atoms. The van der Waals surface area contributed by atoms with Crippen LogP contribution in [0.2, 0.25) is 6.32 Å². The Morgan fingerprint density at radius 2 is 2.25 bits per heavy atom. The Balaban J connectivity index is 3.40. The van der Waals surface area contributed by atoms with Crippen LogP contribution in [0, 0.1) is 10.1 Å². The summed E-state index contributed by atoms with van der Waals surface area (Å²) in [5.41, 5.74) is 0. The van der Waals surface area contributed by atoms with Crippen molar-refractivity contribution in [3.63, 3.8) is 0 Å². The standard InChI is InChI=1S/C3H6BNO3/c4-1-3(6)2-5(7)8/h1-2,4H2. The average molecular weight is 115 g/mol. The minimum Gasteiger partial charge on any atom is -0.293 e. The highest BCUT2D eigenvalue weighted by atomic mass is 16.6. The van der Waals surface area contributed by atoms with E-state index in [9.17, 15) is 14.9 Å². The number of hydrogen-bond acceptors (Lipinski definition) is 3. The van der Waals surface area contributed by atoms with E-state index >= 15 is 0 Å². The maximum Gasteiger partial charge on any atom is 0.260 e. The zero-order valence-corrected chi connectivity index (χ0v) is 4.59. The normalized spacial score (nSPS) is 8.50. The van der Waals surface area contributed by atoms with Crippen molar-refractivity contribution in [1.29, 1.82) is 0 Å². The zero-order valence-electron chi connectivity index (χ0n) is 4.59. The van der Waals surface area contributed by atoms with Crippen LogP contribution >= 0.6 is 0 Å². The van der Waals surface area contributed by atoms with Gasteiger partial charge in [-0.3, -0.25) is 14.9 Å². The largest absolute Gasteiger partial charge is 0.293 e. The summed E-state index contributed by atoms with van der Waals surface area (Å²) in [6.45, 7) is -0.531. The monoisotopic (exact) mass is 115 g/mol. The third-order valence-electron chi connectivity index (χ3n) is 0.700. The van der Waals surface area contributed by atoms with Gasteiger partial charge in [0.05, 0.1) is 0 Å². The lowest BCUT2D eigenvalue weighted by molar-refractivity contribution is -0.467. The first-order chi connectivity index (χ1) is 3.66. The van der Waals surface area contributed by atoms with Gasteiger partial charge in [0.2, 0.25) is 0 Å². The number of rotatable bonds is 3. The van der Waals surface area contributed by atoms with E-state index in [0.29, 0.717) is 0 Å². The molecule has 0 amide bonds. The fourth-order valence-electron chi connectivity index (χ4n) is 0.256. The van der Waals surface area contributed by atoms with Crippen molar-refractivity contribution in [3.05, 3.63) is 10.1 Å². The lowest BCUT2D eigenvalue weighted by Crippen LogP contribution is -2.12. The number of Topliss-reactive ketones (excluding diaryl/α,β-unsaturated/α-hetero) is 1. The third-order valence-corrected chi connectivity index (χ3v) is 0.700. The van der Waals surface area contributed by atoms with Gasteiger partial charge < -0.3 is 0 Å². The summed E-state index contributed by atoms with van der Waals surface area (Å²) in [7, 11) is 1.60. The Morgan fingerprint density at radius 3 is 2.38 bits per heavy atom. The molecule has 0 N–H and O–H groups in total. The van der Waals surface area contributed by atoms with Gasteiger partial charge in [-0.05, 0) is 6.32 Å². The summed E-state index contributed by atoms with van der Waals surface area (Å²) in [6, 6.07) is 0. The fraction of sp³-hybridized carbons (Fsp3) is 0.667. The summed E-state index contributed by atoms with van der Waals surface area (Å²) in [5, 5.41) is 9.55. The number of ketones is 1. The van der Waals surface area contributed by atoms with Gasteiger partial charge in [-0.25, -0.2) is 0 Å². The molecule has 0 aliphatic heterocycles. The van der Waals surface area contributed by atoms with Crippen LogP contribution in [-0.2, 0) is 4.79 Å². The van der Waals surface area contributed by atoms with Gasteiger partial charge in [0.15, 0.2) is 5.78 Å². The molecule has 0 radical (unpaired) electrons. The number of nitrogens with zero attached hydrogens (tertiary/aromatic N) is 1. The van der Waals surface area contributed by atoms with Gasteiger partial charge in [0.25, 0.3) is 6.54 Å². The van der Waals surface area contributed by atoms with Gasteiger partial charge in [-0.15, -0.1) is 0 Å². The van der Waals surface area contributed by atoms with Crippen LogP contribution in [-0.4, -0.2) is 25.1 Å². The zero-order chi connectivity index (χ0) is 6.57. The lowest BCUT2D eigenvalue weighted by Gasteiger charge is -1.85. The van der Waals surface area contributed by atoms with Gasteiger partial charge in [-0.2, -0.15) is 0 Å². The fourth-order valence-corrected chi connectivity index (χ4v) is 0.256. The maximum absolute atomic E-state index is 10.2. The maximum atomic E-state index is 10.2. The van der Waals surface area contributed by atoms with Crippen molar-refractivity contribution >= 4 is 13.6 Å². The van der Waals surface area contributed by atoms with Crippen LogP contribution in [0.4, 0.5) is 0 Å². The number of nitro groups is 1. The van der Waals surface area contributed by atoms with E-state index in [1.54, 1.807) is 7.85 Å². The molecule has 0 aromatic rings. The first-order valence-electron chi connectivity index (χ1n) is 2.30. The summed E-state index contributed by atoms with van der Waals surface area (Å²) in [6.07, 6.45) is 0.251. The van der Waals surface area contributed by atoms with Crippen LogP contribution in [0.3, 0.4) is 0 Å². The van der Waals surface area contributed by atoms with E-state index in [1.807, 2.05) is 0 Å². The van der Waals surface area contributed by atoms with Crippen LogP contribution in [0.15, 0.2) is 0 Å². The second-order valence-electron chi connectivity index (χ2n) is 1.38. The Hall–Kier alpha value is -0.865. The van der Waals surface area contributed by atoms with Crippen molar-refractivity contribution in [2.75, 3.05) is 6.54 Å². The van der Waals surface area contributed by atoms with Gasteiger partial charge in [-0.1, -0.05) is 0 Å². The molecule has 8 heavy (non-hydrogen) atoms. The Morgan fingerprint density at radius 1 is 1.75 bits per heavy atom. The van der Waals surface area contributed by atoms with Crippen molar-refractivity contribution in [2.45, 2.75) is 6.32 Å². The minimum absolute atomic E-state index is 0.251. The quantitative estimate of drug-likeness (QED) is 0.266. The van der Waals surface area contributed by atoms with E-state index in [-0.39, 0.29) is 12.1 Å². The first kappa shape index (κ1) is 7.13. The summed E-state index contributed by atoms with van der Waals surface area (Å²) in [4.78, 5) is 19.1. The van der Waals surface area contributed by atoms with Crippen molar-refractivity contribution in [2.24, 2.45) is 0 Å². The highest BCUT2D eigenvalue weighted by Gasteiger charge is 2.04. The highest BCUT2D eigenvalue weighted by molar-refractivity contribution is 6.20. The summed E-state index contributed by atoms with van der Waals surface area (Å²) < 4.78 is 0. The average Bonchev–Trinajstić information content (AvgIpc) is 1.65. The second-order valence-corrected chi connectivity index (χ2v) is 1.38. The molecule has 0 saturated carbocycles. The molecule has 0 aromatic carbocycles. The van der Waals surface area contributed by atoms with E-state index in [2.05, 4.69) is 0 Å². The Kier molecular flexibility index (Phi) is 2.83. The van der Waals surface area contributed by atoms with Gasteiger partial charge >= 0.3 is 0 Å². The SMILES string of the molecule is BCC(=O)C[N+](=O)[O-]. The Labute approximate surface area is 47.4 Å². The third kappa shape index (κ3) is 3.33. The molecule has 5 heteroatoms. The van der Waals surface area contributed by atoms with Gasteiger partial charge in [0.1, 0.15) is 7.85 Å². The molecular formula is C3H6BNO3. The van der Waals surface area contributed by atoms with E-state index in [4.69, 9.17) is 0 Å². The van der Waals surface area contributed by atoms with Crippen LogP contribution in [0.25, 0.3) is 0 Å². The number of carbonyl (C=O) groups excluding carboxylic acids is 1. The molecule has 0 aromatic heterocycles. The van der Waals surface area contributed by atoms with Crippen LogP contribution in [0.5, 0.6) is 0 Å². The molecule has 0 atom stereocenters. The molecule has 0 fully saturated rings. The predicted molar refractivity (Wildman–Crippen MR) is 30.2 cm³/mol. The van der Waals surface area contributed by atoms with Crippen LogP contribution < -0.4 is 0 Å². The number of hydrogen-bond donors (Lipinski definition) is 0. The van der Waals surface area contributed by atoms with E-state index < -0.39 is 11.5 Å². The molecule has 0 spiro atoms. The highest BCUT2D eigenvalue weighted by Crippen LogP contribution is 1.77. The first-order valence-corrected chi connectivity index (χ1v) is 2.30. The topological polar surface area (TPSA) is 60.2 Å². The van der Waals surface area contributed by atoms with Crippen LogP contribution in [0.1, 0.15) is 0 Å². The summed E-state index contributed by atoms with van der Waals surface area (Å²) in [5.74, 6) is -0.324. The van der Waals surface area contributed by atoms with Gasteiger partial charge in [0, 0.05) is 4.92 Å². The molecule has 4 nitrogen and oxygen atoms in total. The van der Waals surface area contributed by atoms with Crippen molar-refractivity contribution in [1.82, 2.24) is 0 Å². The van der Waals surface area contributed by atoms with Crippen molar-refractivity contribution < 1.29 is 9.72 Å². The predicted octanol–water partition coefficient (Wildman–Crippen LogP) is -1.12. The molecule has 44 valence electrons. The molecule has 0 aliphatic carbocycles. The molecule has 0 unspecified atom stereocenters. The molecule has 0 saturated heterocycles. The summed E-state index contributed by atoms with van der Waals surface area (Å²) >= 11 is 0. The van der Waals surface area contributed by atoms with Crippen molar-refractivity contribution in [3.8, 4) is 0 Å². The molecule has 0 heterocycles. The Bertz CT molecular complexity index is 113. The minimum atomic E-state index is -0.619.